The van der Waals surface area contributed by atoms with Gasteiger partial charge in [-0.15, -0.1) is 0 Å². The van der Waals surface area contributed by atoms with E-state index in [2.05, 4.69) is 34.5 Å². The topological polar surface area (TPSA) is 58.4 Å². The Morgan fingerprint density at radius 2 is 2.21 bits per heavy atom. The van der Waals surface area contributed by atoms with Crippen molar-refractivity contribution in [3.05, 3.63) is 35.9 Å². The van der Waals surface area contributed by atoms with Crippen molar-refractivity contribution in [1.82, 2.24) is 10.2 Å². The third kappa shape index (κ3) is 4.33. The van der Waals surface area contributed by atoms with Crippen LogP contribution >= 0.6 is 0 Å². The van der Waals surface area contributed by atoms with Gasteiger partial charge in [-0.25, -0.2) is 0 Å². The Morgan fingerprint density at radius 1 is 1.47 bits per heavy atom. The van der Waals surface area contributed by atoms with Crippen LogP contribution in [0, 0.1) is 0 Å². The highest BCUT2D eigenvalue weighted by Crippen LogP contribution is 2.11. The molecule has 1 aliphatic rings. The van der Waals surface area contributed by atoms with Gasteiger partial charge in [-0.3, -0.25) is 4.79 Å². The van der Waals surface area contributed by atoms with Crippen molar-refractivity contribution >= 4 is 5.91 Å². The van der Waals surface area contributed by atoms with Crippen LogP contribution in [0.25, 0.3) is 0 Å². The van der Waals surface area contributed by atoms with Crippen LogP contribution < -0.4 is 11.1 Å². The van der Waals surface area contributed by atoms with Crippen molar-refractivity contribution in [2.75, 3.05) is 19.6 Å². The molecule has 1 heterocycles. The number of primary amides is 1. The molecule has 0 aliphatic carbocycles. The number of likely N-dealkylation sites (tertiary alicyclic amines) is 1. The van der Waals surface area contributed by atoms with Crippen molar-refractivity contribution in [2.45, 2.75) is 31.8 Å². The Labute approximate surface area is 115 Å². The molecule has 4 nitrogen and oxygen atoms in total. The molecule has 0 saturated carbocycles. The zero-order valence-electron chi connectivity index (χ0n) is 11.5. The predicted molar refractivity (Wildman–Crippen MR) is 76.8 cm³/mol. The highest BCUT2D eigenvalue weighted by molar-refractivity contribution is 5.79. The molecule has 0 aromatic heterocycles. The van der Waals surface area contributed by atoms with Crippen LogP contribution in [0.5, 0.6) is 0 Å². The van der Waals surface area contributed by atoms with Gasteiger partial charge in [-0.2, -0.15) is 0 Å². The van der Waals surface area contributed by atoms with Gasteiger partial charge in [-0.1, -0.05) is 30.3 Å². The van der Waals surface area contributed by atoms with Crippen LogP contribution in [0.3, 0.4) is 0 Å². The molecule has 104 valence electrons. The van der Waals surface area contributed by atoms with E-state index in [9.17, 15) is 4.79 Å². The molecular weight excluding hydrogens is 238 g/mol. The first-order chi connectivity index (χ1) is 9.15. The van der Waals surface area contributed by atoms with Crippen molar-refractivity contribution in [3.63, 3.8) is 0 Å². The molecule has 1 aromatic carbocycles. The van der Waals surface area contributed by atoms with Crippen LogP contribution in [0.2, 0.25) is 0 Å². The summed E-state index contributed by atoms with van der Waals surface area (Å²) in [7, 11) is 0. The first-order valence-corrected chi connectivity index (χ1v) is 6.97. The highest BCUT2D eigenvalue weighted by Gasteiger charge is 2.24. The molecule has 1 amide bonds. The maximum atomic E-state index is 11.0. The number of rotatable bonds is 6. The lowest BCUT2D eigenvalue weighted by Gasteiger charge is -2.18. The fourth-order valence-electron chi connectivity index (χ4n) is 2.54. The van der Waals surface area contributed by atoms with E-state index in [0.29, 0.717) is 6.04 Å². The summed E-state index contributed by atoms with van der Waals surface area (Å²) in [5, 5.41) is 3.29. The van der Waals surface area contributed by atoms with Gasteiger partial charge in [0, 0.05) is 19.1 Å². The van der Waals surface area contributed by atoms with Gasteiger partial charge in [0.25, 0.3) is 0 Å². The molecule has 0 radical (unpaired) electrons. The molecule has 0 bridgehead atoms. The number of nitrogens with one attached hydrogen (secondary N) is 1. The minimum atomic E-state index is -0.275. The lowest BCUT2D eigenvalue weighted by atomic mass is 10.1. The minimum Gasteiger partial charge on any atom is -0.368 e. The maximum absolute atomic E-state index is 11.0. The number of hydrogen-bond donors (Lipinski definition) is 2. The van der Waals surface area contributed by atoms with E-state index < -0.39 is 0 Å². The number of benzene rings is 1. The second kappa shape index (κ2) is 6.68. The van der Waals surface area contributed by atoms with Crippen molar-refractivity contribution < 1.29 is 4.79 Å². The molecule has 0 spiro atoms. The molecule has 1 aromatic rings. The number of nitrogens with two attached hydrogens (primary N) is 1. The summed E-state index contributed by atoms with van der Waals surface area (Å²) in [4.78, 5) is 13.5. The van der Waals surface area contributed by atoms with Crippen LogP contribution in [0.1, 0.15) is 18.9 Å². The van der Waals surface area contributed by atoms with Crippen molar-refractivity contribution in [3.8, 4) is 0 Å². The number of hydrogen-bond acceptors (Lipinski definition) is 3. The van der Waals surface area contributed by atoms with Gasteiger partial charge in [0.05, 0.1) is 6.04 Å². The van der Waals surface area contributed by atoms with Crippen LogP contribution in [0.4, 0.5) is 0 Å². The third-order valence-electron chi connectivity index (χ3n) is 3.74. The van der Waals surface area contributed by atoms with Crippen LogP contribution in [-0.4, -0.2) is 42.5 Å². The van der Waals surface area contributed by atoms with E-state index in [0.717, 1.165) is 32.5 Å². The summed E-state index contributed by atoms with van der Waals surface area (Å²) in [6.45, 7) is 5.00. The predicted octanol–water partition coefficient (Wildman–Crippen LogP) is 0.767. The number of nitrogens with zero attached hydrogens (tertiary/aromatic N) is 1. The molecule has 1 fully saturated rings. The standard InChI is InChI=1S/C15H23N3O/c1-12(15(16)19)17-14-8-10-18(11-14)9-7-13-5-3-2-4-6-13/h2-6,12,14,17H,7-11H2,1H3,(H2,16,19). The van der Waals surface area contributed by atoms with Gasteiger partial charge in [0.15, 0.2) is 0 Å². The Bertz CT molecular complexity index is 407. The Morgan fingerprint density at radius 3 is 2.89 bits per heavy atom. The van der Waals surface area contributed by atoms with Gasteiger partial charge < -0.3 is 16.0 Å². The fourth-order valence-corrected chi connectivity index (χ4v) is 2.54. The van der Waals surface area contributed by atoms with Gasteiger partial charge >= 0.3 is 0 Å². The number of carbonyl (C=O) groups is 1. The molecule has 2 atom stereocenters. The maximum Gasteiger partial charge on any atom is 0.234 e. The molecule has 3 N–H and O–H groups in total. The van der Waals surface area contributed by atoms with E-state index in [-0.39, 0.29) is 11.9 Å². The summed E-state index contributed by atoms with van der Waals surface area (Å²) in [5.41, 5.74) is 6.65. The van der Waals surface area contributed by atoms with E-state index >= 15 is 0 Å². The number of amides is 1. The monoisotopic (exact) mass is 261 g/mol. The summed E-state index contributed by atoms with van der Waals surface area (Å²) in [6.07, 6.45) is 2.17. The first kappa shape index (κ1) is 14.0. The molecule has 1 aliphatic heterocycles. The normalized spacial score (nSPS) is 21.4. The van der Waals surface area contributed by atoms with E-state index in [1.54, 1.807) is 0 Å². The summed E-state index contributed by atoms with van der Waals surface area (Å²) >= 11 is 0. The van der Waals surface area contributed by atoms with E-state index in [1.165, 1.54) is 5.56 Å². The van der Waals surface area contributed by atoms with Gasteiger partial charge in [-0.05, 0) is 31.9 Å². The quantitative estimate of drug-likeness (QED) is 0.795. The summed E-state index contributed by atoms with van der Waals surface area (Å²) in [6, 6.07) is 10.7. The average molecular weight is 261 g/mol. The smallest absolute Gasteiger partial charge is 0.234 e. The highest BCUT2D eigenvalue weighted by atomic mass is 16.1. The average Bonchev–Trinajstić information content (AvgIpc) is 2.85. The fraction of sp³-hybridized carbons (Fsp3) is 0.533. The molecule has 4 heteroatoms. The molecule has 2 rings (SSSR count). The second-order valence-corrected chi connectivity index (χ2v) is 5.31. The third-order valence-corrected chi connectivity index (χ3v) is 3.74. The van der Waals surface area contributed by atoms with Crippen LogP contribution in [0.15, 0.2) is 30.3 Å². The first-order valence-electron chi connectivity index (χ1n) is 6.97. The molecule has 2 unspecified atom stereocenters. The lowest BCUT2D eigenvalue weighted by Crippen LogP contribution is -2.45. The SMILES string of the molecule is CC(NC1CCN(CCc2ccccc2)C1)C(N)=O. The zero-order chi connectivity index (χ0) is 13.7. The summed E-state index contributed by atoms with van der Waals surface area (Å²) in [5.74, 6) is -0.275. The van der Waals surface area contributed by atoms with Gasteiger partial charge in [0.2, 0.25) is 5.91 Å². The molecular formula is C15H23N3O. The zero-order valence-corrected chi connectivity index (χ0v) is 11.5. The Balaban J connectivity index is 1.72. The van der Waals surface area contributed by atoms with E-state index in [1.807, 2.05) is 13.0 Å². The van der Waals surface area contributed by atoms with Crippen molar-refractivity contribution in [1.29, 1.82) is 0 Å². The molecule has 1 saturated heterocycles. The molecule has 19 heavy (non-hydrogen) atoms. The van der Waals surface area contributed by atoms with E-state index in [4.69, 9.17) is 5.73 Å². The largest absolute Gasteiger partial charge is 0.368 e. The van der Waals surface area contributed by atoms with Crippen LogP contribution in [-0.2, 0) is 11.2 Å². The van der Waals surface area contributed by atoms with Gasteiger partial charge in [0.1, 0.15) is 0 Å². The number of carbonyl (C=O) groups excluding carboxylic acids is 1. The Hall–Kier alpha value is -1.39. The second-order valence-electron chi connectivity index (χ2n) is 5.31. The Kier molecular flexibility index (Phi) is 4.93. The van der Waals surface area contributed by atoms with Crippen molar-refractivity contribution in [2.24, 2.45) is 5.73 Å². The lowest BCUT2D eigenvalue weighted by molar-refractivity contribution is -0.119. The minimum absolute atomic E-state index is 0.237. The summed E-state index contributed by atoms with van der Waals surface area (Å²) < 4.78 is 0.